The number of oxime groups is 1. The molecule has 13 nitrogen and oxygen atoms in total. The number of thioether (sulfide) groups is 2. The number of rotatable bonds is 9. The molecule has 36 heavy (non-hydrogen) atoms. The van der Waals surface area contributed by atoms with E-state index in [-0.39, 0.29) is 35.1 Å². The van der Waals surface area contributed by atoms with Crippen molar-refractivity contribution in [2.45, 2.75) is 15.8 Å². The summed E-state index contributed by atoms with van der Waals surface area (Å²) in [5, 5.41) is 23.6. The van der Waals surface area contributed by atoms with Crippen molar-refractivity contribution < 1.29 is 33.9 Å². The van der Waals surface area contributed by atoms with Crippen molar-refractivity contribution in [2.75, 3.05) is 25.2 Å². The summed E-state index contributed by atoms with van der Waals surface area (Å²) in [5.41, 5.74) is 5.56. The van der Waals surface area contributed by atoms with Gasteiger partial charge in [-0.25, -0.2) is 4.79 Å². The van der Waals surface area contributed by atoms with Gasteiger partial charge in [-0.2, -0.15) is 0 Å². The third kappa shape index (κ3) is 5.24. The molecule has 4 N–H and O–H groups in total. The Hall–Kier alpha value is -3.37. The lowest BCUT2D eigenvalue weighted by Crippen LogP contribution is -2.74. The Morgan fingerprint density at radius 1 is 1.42 bits per heavy atom. The molecule has 1 aromatic heterocycles. The number of nitrogens with two attached hydrogens (primary N) is 1. The number of nitrogens with one attached hydrogen (secondary N) is 1. The Morgan fingerprint density at radius 3 is 2.89 bits per heavy atom. The van der Waals surface area contributed by atoms with Gasteiger partial charge in [0, 0.05) is 23.6 Å². The molecule has 3 heterocycles. The van der Waals surface area contributed by atoms with Crippen molar-refractivity contribution in [3.63, 3.8) is 0 Å². The topological polar surface area (TPSA) is 186 Å². The van der Waals surface area contributed by atoms with Crippen LogP contribution in [0.25, 0.3) is 0 Å². The molecule has 2 unspecified atom stereocenters. The molecule has 0 bridgehead atoms. The number of carbonyl (C=O) groups excluding carboxylic acids is 3. The highest BCUT2D eigenvalue weighted by Gasteiger charge is 2.57. The van der Waals surface area contributed by atoms with Crippen molar-refractivity contribution in [3.05, 3.63) is 35.3 Å². The van der Waals surface area contributed by atoms with Crippen molar-refractivity contribution in [1.29, 1.82) is 0 Å². The number of carboxylic acids is 1. The Kier molecular flexibility index (Phi) is 7.65. The second kappa shape index (κ2) is 10.7. The van der Waals surface area contributed by atoms with Crippen molar-refractivity contribution in [3.8, 4) is 5.75 Å². The minimum absolute atomic E-state index is 0.0164. The second-order valence-electron chi connectivity index (χ2n) is 7.77. The van der Waals surface area contributed by atoms with E-state index < -0.39 is 40.7 Å². The van der Waals surface area contributed by atoms with Gasteiger partial charge < -0.3 is 30.6 Å². The maximum absolute atomic E-state index is 13.0. The zero-order chi connectivity index (χ0) is 25.9. The van der Waals surface area contributed by atoms with Gasteiger partial charge >= 0.3 is 12.1 Å². The number of carbonyl (C=O) groups is 4. The molecule has 0 radical (unpaired) electrons. The van der Waals surface area contributed by atoms with Crippen LogP contribution in [-0.4, -0.2) is 86.4 Å². The van der Waals surface area contributed by atoms with Gasteiger partial charge in [0.25, 0.3) is 5.91 Å². The van der Waals surface area contributed by atoms with E-state index in [9.17, 15) is 24.3 Å². The average Bonchev–Trinajstić information content (AvgIpc) is 3.37. The summed E-state index contributed by atoms with van der Waals surface area (Å²) in [6.45, 7) is 0.0164. The van der Waals surface area contributed by atoms with Crippen LogP contribution in [0.3, 0.4) is 0 Å². The van der Waals surface area contributed by atoms with Gasteiger partial charge in [0.1, 0.15) is 35.2 Å². The average molecular weight is 553 g/mol. The molecule has 190 valence electrons. The fourth-order valence-electron chi connectivity index (χ4n) is 3.68. The summed E-state index contributed by atoms with van der Waals surface area (Å²) >= 11 is 3.89. The van der Waals surface area contributed by atoms with E-state index >= 15 is 0 Å². The van der Waals surface area contributed by atoms with Crippen LogP contribution in [0, 0.1) is 5.41 Å². The van der Waals surface area contributed by atoms with Crippen LogP contribution in [0.5, 0.6) is 5.75 Å². The highest BCUT2D eigenvalue weighted by Crippen LogP contribution is 2.44. The third-order valence-corrected chi connectivity index (χ3v) is 9.16. The largest absolute Gasteiger partial charge is 0.481 e. The molecule has 4 rings (SSSR count). The van der Waals surface area contributed by atoms with Gasteiger partial charge in [0.05, 0.1) is 0 Å². The number of benzene rings is 1. The van der Waals surface area contributed by atoms with E-state index in [1.54, 1.807) is 11.6 Å². The van der Waals surface area contributed by atoms with Crippen LogP contribution in [0.1, 0.15) is 5.56 Å². The van der Waals surface area contributed by atoms with Gasteiger partial charge in [0.2, 0.25) is 5.91 Å². The van der Waals surface area contributed by atoms with Crippen molar-refractivity contribution in [1.82, 2.24) is 20.4 Å². The van der Waals surface area contributed by atoms with E-state index in [2.05, 4.69) is 20.7 Å². The number of aliphatic carboxylic acids is 1. The van der Waals surface area contributed by atoms with Crippen LogP contribution in [0.4, 0.5) is 4.79 Å². The molecule has 0 saturated carbocycles. The number of hydrogen-bond donors (Lipinski definition) is 3. The van der Waals surface area contributed by atoms with E-state index in [0.717, 1.165) is 0 Å². The molecule has 2 saturated heterocycles. The lowest BCUT2D eigenvalue weighted by Gasteiger charge is -2.53. The first kappa shape index (κ1) is 25.7. The monoisotopic (exact) mass is 552 g/mol. The first-order valence-corrected chi connectivity index (χ1v) is 13.2. The molecule has 1 aromatic carbocycles. The minimum Gasteiger partial charge on any atom is -0.481 e. The smallest absolute Gasteiger partial charge is 0.409 e. The molecule has 2 aliphatic heterocycles. The number of primary amides is 1. The molecule has 3 atom stereocenters. The number of β-lactam (4-membered cyclic amide) rings is 1. The van der Waals surface area contributed by atoms with E-state index in [1.165, 1.54) is 65.1 Å². The summed E-state index contributed by atoms with van der Waals surface area (Å²) in [6, 6.07) is 5.07. The summed E-state index contributed by atoms with van der Waals surface area (Å²) in [7, 11) is 1.26. The molecular formula is C20H20N6O7S3. The van der Waals surface area contributed by atoms with Gasteiger partial charge in [-0.3, -0.25) is 14.4 Å². The predicted molar refractivity (Wildman–Crippen MR) is 131 cm³/mol. The fourth-order valence-corrected chi connectivity index (χ4v) is 7.03. The van der Waals surface area contributed by atoms with E-state index in [0.29, 0.717) is 4.34 Å². The number of hydrogen-bond acceptors (Lipinski definition) is 12. The highest BCUT2D eigenvalue weighted by molar-refractivity contribution is 8.01. The molecule has 2 fully saturated rings. The Bertz CT molecular complexity index is 1210. The van der Waals surface area contributed by atoms with Crippen LogP contribution in [0.15, 0.2) is 39.3 Å². The first-order chi connectivity index (χ1) is 17.2. The third-order valence-electron chi connectivity index (χ3n) is 5.42. The lowest BCUT2D eigenvalue weighted by molar-refractivity contribution is -0.157. The quantitative estimate of drug-likeness (QED) is 0.171. The second-order valence-corrected chi connectivity index (χ2v) is 10.9. The highest BCUT2D eigenvalue weighted by atomic mass is 32.2. The summed E-state index contributed by atoms with van der Waals surface area (Å²) in [6.07, 6.45) is -1.02. The van der Waals surface area contributed by atoms with Crippen LogP contribution < -0.4 is 15.8 Å². The lowest BCUT2D eigenvalue weighted by atomic mass is 9.89. The summed E-state index contributed by atoms with van der Waals surface area (Å²) < 4.78 is 5.49. The Morgan fingerprint density at radius 2 is 2.22 bits per heavy atom. The number of nitrogens with zero attached hydrogens (tertiary/aromatic N) is 4. The van der Waals surface area contributed by atoms with Gasteiger partial charge in [-0.05, 0) is 12.1 Å². The number of fused-ring (bicyclic) bond motifs is 1. The number of aromatic nitrogens is 2. The van der Waals surface area contributed by atoms with Crippen LogP contribution in [0.2, 0.25) is 0 Å². The van der Waals surface area contributed by atoms with Crippen LogP contribution in [-0.2, 0) is 19.2 Å². The molecule has 2 aliphatic rings. The van der Waals surface area contributed by atoms with Crippen LogP contribution >= 0.6 is 34.9 Å². The standard InChI is InChI=1S/C20H20N6O7S3/c1-32-25-12(10-3-2-4-11(5-10)33-18(21)31)14(27)23-13-15(28)26-6-20(17(29)30,7-34-16(13)26)8-35-19-24-22-9-36-19/h2-5,9,13,16H,6-8H2,1H3,(H2,21,31)(H,23,27)(H,29,30)/t13?,16-,20?/m1/s1. The SMILES string of the molecule is CON=C(C(=O)NC1C(=O)N2CC(CSc3nncs3)(C(=O)O)CS[C@H]12)c1cccc(OC(N)=O)c1. The van der Waals surface area contributed by atoms with E-state index in [1.807, 2.05) is 0 Å². The Balaban J connectivity index is 1.44. The van der Waals surface area contributed by atoms with Crippen molar-refractivity contribution in [2.24, 2.45) is 16.3 Å². The number of carboxylic acid groups (broad SMARTS) is 1. The van der Waals surface area contributed by atoms with E-state index in [4.69, 9.17) is 15.3 Å². The van der Waals surface area contributed by atoms with Gasteiger partial charge in [0.15, 0.2) is 10.1 Å². The fraction of sp³-hybridized carbons (Fsp3) is 0.350. The maximum Gasteiger partial charge on any atom is 0.409 e. The molecular weight excluding hydrogens is 532 g/mol. The van der Waals surface area contributed by atoms with Gasteiger partial charge in [-0.15, -0.1) is 22.0 Å². The predicted octanol–water partition coefficient (Wildman–Crippen LogP) is 0.609. The number of ether oxygens (including phenoxy) is 1. The molecule has 16 heteroatoms. The molecule has 0 aliphatic carbocycles. The zero-order valence-electron chi connectivity index (χ0n) is 18.7. The molecule has 3 amide bonds. The number of amides is 3. The summed E-state index contributed by atoms with van der Waals surface area (Å²) in [5.74, 6) is -1.50. The normalized spacial score (nSPS) is 23.3. The van der Waals surface area contributed by atoms with Crippen molar-refractivity contribution >= 4 is 64.4 Å². The zero-order valence-corrected chi connectivity index (χ0v) is 21.1. The van der Waals surface area contributed by atoms with Gasteiger partial charge in [-0.1, -0.05) is 40.4 Å². The minimum atomic E-state index is -1.16. The summed E-state index contributed by atoms with van der Waals surface area (Å²) in [4.78, 5) is 55.4. The first-order valence-electron chi connectivity index (χ1n) is 10.3. The molecule has 0 spiro atoms. The molecule has 2 aromatic rings. The Labute approximate surface area is 216 Å². The maximum atomic E-state index is 13.0.